The highest BCUT2D eigenvalue weighted by Crippen LogP contribution is 2.49. The fourth-order valence-electron chi connectivity index (χ4n) is 0.642. The van der Waals surface area contributed by atoms with Crippen molar-refractivity contribution in [3.8, 4) is 0 Å². The van der Waals surface area contributed by atoms with Crippen LogP contribution in [0.5, 0.6) is 0 Å². The second-order valence-corrected chi connectivity index (χ2v) is 2.75. The summed E-state index contributed by atoms with van der Waals surface area (Å²) < 4.78 is 109. The summed E-state index contributed by atoms with van der Waals surface area (Å²) in [7, 11) is 0. The van der Waals surface area contributed by atoms with Gasteiger partial charge >= 0.3 is 6.18 Å². The largest absolute Gasteiger partial charge is 0.394 e. The highest BCUT2D eigenvalue weighted by Gasteiger charge is 2.51. The molecule has 12 heavy (non-hydrogen) atoms. The van der Waals surface area contributed by atoms with Crippen LogP contribution in [0.1, 0.15) is 51.7 Å². The van der Waals surface area contributed by atoms with Crippen LogP contribution in [-0.2, 0) is 0 Å². The third-order valence-electron chi connectivity index (χ3n) is 1.57. The first-order chi connectivity index (χ1) is 8.75. The van der Waals surface area contributed by atoms with Gasteiger partial charge in [-0.05, 0) is 31.4 Å². The minimum absolute atomic E-state index is 0.123. The predicted octanol–water partition coefficient (Wildman–Crippen LogP) is 3.77. The van der Waals surface area contributed by atoms with Crippen LogP contribution in [-0.4, -0.2) is 6.18 Å². The lowest BCUT2D eigenvalue weighted by Gasteiger charge is -2.37. The van der Waals surface area contributed by atoms with Gasteiger partial charge in [0.15, 0.2) is 0 Å². The summed E-state index contributed by atoms with van der Waals surface area (Å²) in [6.45, 7) is 0.691. The van der Waals surface area contributed by atoms with E-state index in [1.807, 2.05) is 0 Å². The zero-order chi connectivity index (χ0) is 17.5. The predicted molar refractivity (Wildman–Crippen MR) is 41.8 cm³/mol. The van der Waals surface area contributed by atoms with Crippen molar-refractivity contribution in [2.75, 3.05) is 0 Å². The molecular weight excluding hydrogens is 165 g/mol. The Bertz CT molecular complexity index is 422. The number of hydrogen-bond acceptors (Lipinski definition) is 0. The van der Waals surface area contributed by atoms with Crippen LogP contribution >= 0.6 is 0 Å². The molecule has 0 amide bonds. The molecule has 72 valence electrons. The van der Waals surface area contributed by atoms with Crippen LogP contribution in [0.2, 0.25) is 0 Å². The topological polar surface area (TPSA) is 0 Å². The van der Waals surface area contributed by atoms with Crippen molar-refractivity contribution in [3.63, 3.8) is 0 Å². The van der Waals surface area contributed by atoms with E-state index in [-0.39, 0.29) is 6.92 Å². The summed E-state index contributed by atoms with van der Waals surface area (Å²) in [4.78, 5) is 0. The van der Waals surface area contributed by atoms with Crippen LogP contribution in [0.25, 0.3) is 0 Å². The van der Waals surface area contributed by atoms with Crippen molar-refractivity contribution in [3.05, 3.63) is 0 Å². The molecule has 1 saturated carbocycles. The molecule has 1 fully saturated rings. The minimum atomic E-state index is -5.56. The van der Waals surface area contributed by atoms with Crippen LogP contribution < -0.4 is 0 Å². The van der Waals surface area contributed by atoms with Crippen molar-refractivity contribution in [1.82, 2.24) is 0 Å². The highest BCUT2D eigenvalue weighted by atomic mass is 19.4. The lowest BCUT2D eigenvalue weighted by Crippen LogP contribution is -2.38. The maximum absolute atomic E-state index is 13.4. The molecule has 0 aromatic heterocycles. The van der Waals surface area contributed by atoms with E-state index in [0.29, 0.717) is 6.92 Å². The fraction of sp³-hybridized carbons (Fsp3) is 1.00. The zero-order valence-corrected chi connectivity index (χ0v) is 6.63. The smallest absolute Gasteiger partial charge is 0.171 e. The maximum Gasteiger partial charge on any atom is 0.394 e. The van der Waals surface area contributed by atoms with Gasteiger partial charge in [-0.15, -0.1) is 0 Å². The van der Waals surface area contributed by atoms with E-state index in [0.717, 1.165) is 0 Å². The summed E-state index contributed by atoms with van der Waals surface area (Å²) in [5, 5.41) is 0. The summed E-state index contributed by atoms with van der Waals surface area (Å²) in [6, 6.07) is 0. The van der Waals surface area contributed by atoms with Gasteiger partial charge in [0.25, 0.3) is 0 Å². The molecule has 0 aromatic rings. The van der Waals surface area contributed by atoms with Crippen LogP contribution in [0.15, 0.2) is 0 Å². The Labute approximate surface area is 83.8 Å². The van der Waals surface area contributed by atoms with Gasteiger partial charge in [-0.25, -0.2) is 0 Å². The molecule has 0 N–H and O–H groups in total. The van der Waals surface area contributed by atoms with Gasteiger partial charge in [-0.3, -0.25) is 0 Å². The summed E-state index contributed by atoms with van der Waals surface area (Å²) >= 11 is 0. The lowest BCUT2D eigenvalue weighted by molar-refractivity contribution is -0.229. The van der Waals surface area contributed by atoms with E-state index in [9.17, 15) is 13.2 Å². The van der Waals surface area contributed by atoms with Gasteiger partial charge in [-0.1, -0.05) is 13.8 Å². The molecular formula is C9H15F3. The maximum atomic E-state index is 13.4. The van der Waals surface area contributed by atoms with Crippen molar-refractivity contribution < 1.29 is 25.5 Å². The molecule has 0 heterocycles. The first-order valence-electron chi connectivity index (χ1n) is 7.82. The van der Waals surface area contributed by atoms with Gasteiger partial charge in [0.2, 0.25) is 0 Å². The second-order valence-electron chi connectivity index (χ2n) is 2.75. The van der Waals surface area contributed by atoms with Crippen LogP contribution in [0.4, 0.5) is 13.2 Å². The first kappa shape index (κ1) is 3.18. The Morgan fingerprint density at radius 2 is 1.83 bits per heavy atom. The molecule has 1 aliphatic rings. The Hall–Kier alpha value is -0.210. The molecule has 0 atom stereocenters. The lowest BCUT2D eigenvalue weighted by atomic mass is 9.72. The number of hydrogen-bond donors (Lipinski definition) is 0. The number of rotatable bonds is 0. The molecule has 0 bridgehead atoms. The van der Waals surface area contributed by atoms with Crippen molar-refractivity contribution in [2.45, 2.75) is 45.5 Å². The Morgan fingerprint density at radius 1 is 1.42 bits per heavy atom. The van der Waals surface area contributed by atoms with Crippen molar-refractivity contribution in [2.24, 2.45) is 11.3 Å². The third kappa shape index (κ3) is 1.75. The Balaban J connectivity index is 3.93. The SMILES string of the molecule is [2H]C1([2H])C([2H])([2H])C(C)(C(F)(F)F)C([2H])([2H])C([2H])([2H])C1([2H])C. The van der Waals surface area contributed by atoms with Gasteiger partial charge in [-0.2, -0.15) is 13.2 Å². The number of alkyl halides is 3. The van der Waals surface area contributed by atoms with Gasteiger partial charge < -0.3 is 0 Å². The second kappa shape index (κ2) is 2.93. The molecule has 0 unspecified atom stereocenters. The normalized spacial score (nSPS) is 72.2. The van der Waals surface area contributed by atoms with Crippen molar-refractivity contribution >= 4 is 0 Å². The molecule has 1 aliphatic carbocycles. The van der Waals surface area contributed by atoms with E-state index in [1.165, 1.54) is 0 Å². The molecule has 1 rings (SSSR count). The fourth-order valence-corrected chi connectivity index (χ4v) is 0.642. The Kier molecular flexibility index (Phi) is 0.775. The minimum Gasteiger partial charge on any atom is -0.171 e. The van der Waals surface area contributed by atoms with E-state index >= 15 is 0 Å². The quantitative estimate of drug-likeness (QED) is 0.544. The highest BCUT2D eigenvalue weighted by molar-refractivity contribution is 4.86. The average Bonchev–Trinajstić information content (AvgIpc) is 2.23. The molecule has 0 saturated heterocycles. The van der Waals surface area contributed by atoms with Gasteiger partial charge in [0.1, 0.15) is 0 Å². The molecule has 0 aliphatic heterocycles. The number of halogens is 3. The molecule has 0 spiro atoms. The molecule has 0 aromatic carbocycles. The van der Waals surface area contributed by atoms with E-state index in [1.54, 1.807) is 0 Å². The molecule has 0 radical (unpaired) electrons. The summed E-state index contributed by atoms with van der Waals surface area (Å²) in [5.74, 6) is -3.07. The van der Waals surface area contributed by atoms with Crippen LogP contribution in [0, 0.1) is 11.3 Å². The summed E-state index contributed by atoms with van der Waals surface area (Å²) in [6.07, 6.45) is -20.4. The zero-order valence-electron chi connectivity index (χ0n) is 15.6. The third-order valence-corrected chi connectivity index (χ3v) is 1.57. The van der Waals surface area contributed by atoms with Crippen LogP contribution in [0.3, 0.4) is 0 Å². The first-order valence-corrected chi connectivity index (χ1v) is 3.32. The summed E-state index contributed by atoms with van der Waals surface area (Å²) in [5.41, 5.74) is -3.97. The van der Waals surface area contributed by atoms with E-state index in [4.69, 9.17) is 12.3 Å². The van der Waals surface area contributed by atoms with Crippen molar-refractivity contribution in [1.29, 1.82) is 0 Å². The Morgan fingerprint density at radius 3 is 2.17 bits per heavy atom. The average molecular weight is 189 g/mol. The standard InChI is InChI=1S/C9H15F3/c1-7-3-5-8(2,6-4-7)9(10,11)12/h7H,3-6H2,1-2H3/i3D2,4D2,5D2,6D2,7D. The van der Waals surface area contributed by atoms with Gasteiger partial charge in [0, 0.05) is 12.3 Å². The molecule has 3 heteroatoms. The monoisotopic (exact) mass is 189 g/mol. The van der Waals surface area contributed by atoms with Gasteiger partial charge in [0.05, 0.1) is 5.41 Å². The molecule has 0 nitrogen and oxygen atoms in total. The van der Waals surface area contributed by atoms with E-state index < -0.39 is 43.0 Å². The van der Waals surface area contributed by atoms with E-state index in [2.05, 4.69) is 0 Å².